The van der Waals surface area contributed by atoms with Gasteiger partial charge in [0.1, 0.15) is 11.3 Å². The van der Waals surface area contributed by atoms with Crippen LogP contribution in [-0.2, 0) is 14.6 Å². The molecule has 0 bridgehead atoms. The molecule has 6 nitrogen and oxygen atoms in total. The molecule has 0 unspecified atom stereocenters. The maximum atomic E-state index is 11.4. The fourth-order valence-corrected chi connectivity index (χ4v) is 2.07. The molecule has 8 heteroatoms. The molecule has 0 heterocycles. The van der Waals surface area contributed by atoms with E-state index in [-0.39, 0.29) is 16.3 Å². The summed E-state index contributed by atoms with van der Waals surface area (Å²) in [5.41, 5.74) is -0.315. The van der Waals surface area contributed by atoms with Gasteiger partial charge >= 0.3 is 5.97 Å². The first-order chi connectivity index (χ1) is 8.20. The van der Waals surface area contributed by atoms with Crippen LogP contribution in [0.3, 0.4) is 0 Å². The van der Waals surface area contributed by atoms with Gasteiger partial charge in [0.25, 0.3) is 0 Å². The van der Waals surface area contributed by atoms with Crippen LogP contribution in [0.25, 0.3) is 0 Å². The van der Waals surface area contributed by atoms with E-state index in [1.807, 2.05) is 0 Å². The van der Waals surface area contributed by atoms with Crippen molar-refractivity contribution in [1.82, 2.24) is 0 Å². The topological polar surface area (TPSA) is 101 Å². The first-order valence-corrected chi connectivity index (χ1v) is 7.14. The van der Waals surface area contributed by atoms with E-state index >= 15 is 0 Å². The second-order valence-corrected chi connectivity index (χ2v) is 6.13. The summed E-state index contributed by atoms with van der Waals surface area (Å²) in [6, 6.07) is 4.14. The smallest absolute Gasteiger partial charge is 0.339 e. The lowest BCUT2D eigenvalue weighted by molar-refractivity contribution is -0.113. The molecule has 1 amide bonds. The average molecular weight is 292 g/mol. The van der Waals surface area contributed by atoms with Crippen LogP contribution < -0.4 is 5.32 Å². The number of carbonyl (C=O) groups excluding carboxylic acids is 1. The maximum absolute atomic E-state index is 11.4. The van der Waals surface area contributed by atoms with Crippen LogP contribution in [0, 0.1) is 0 Å². The molecule has 0 radical (unpaired) electrons. The highest BCUT2D eigenvalue weighted by Gasteiger charge is 2.17. The number of halogens is 1. The van der Waals surface area contributed by atoms with Crippen LogP contribution in [0.4, 0.5) is 5.69 Å². The fourth-order valence-electron chi connectivity index (χ4n) is 1.27. The minimum Gasteiger partial charge on any atom is -0.478 e. The van der Waals surface area contributed by atoms with Crippen molar-refractivity contribution in [2.24, 2.45) is 0 Å². The van der Waals surface area contributed by atoms with Gasteiger partial charge in [0, 0.05) is 6.26 Å². The molecule has 0 aromatic heterocycles. The van der Waals surface area contributed by atoms with Crippen LogP contribution >= 0.6 is 11.6 Å². The molecule has 1 aromatic carbocycles. The Balaban J connectivity index is 3.02. The highest BCUT2D eigenvalue weighted by molar-refractivity contribution is 7.91. The zero-order valence-corrected chi connectivity index (χ0v) is 10.9. The third kappa shape index (κ3) is 4.01. The summed E-state index contributed by atoms with van der Waals surface area (Å²) in [5, 5.41) is 11.1. The lowest BCUT2D eigenvalue weighted by Gasteiger charge is -2.09. The third-order valence-corrected chi connectivity index (χ3v) is 3.00. The second-order valence-electron chi connectivity index (χ2n) is 3.59. The highest BCUT2D eigenvalue weighted by Crippen LogP contribution is 2.24. The molecule has 2 N–H and O–H groups in total. The van der Waals surface area contributed by atoms with Gasteiger partial charge in [-0.25, -0.2) is 13.2 Å². The number of carboxylic acid groups (broad SMARTS) is 1. The van der Waals surface area contributed by atoms with Crippen molar-refractivity contribution in [3.05, 3.63) is 28.8 Å². The number of sulfone groups is 1. The van der Waals surface area contributed by atoms with E-state index in [1.165, 1.54) is 18.2 Å². The predicted molar refractivity (Wildman–Crippen MR) is 66.8 cm³/mol. The molecule has 98 valence electrons. The molecular formula is C10H10ClNO5S. The van der Waals surface area contributed by atoms with Gasteiger partial charge in [-0.2, -0.15) is 0 Å². The van der Waals surface area contributed by atoms with E-state index in [0.717, 1.165) is 6.26 Å². The summed E-state index contributed by atoms with van der Waals surface area (Å²) in [6.07, 6.45) is 0.905. The minimum absolute atomic E-state index is 0.0383. The number of nitrogens with one attached hydrogen (secondary N) is 1. The SMILES string of the molecule is CS(=O)(=O)CC(=O)Nc1cccc(Cl)c1C(=O)O. The van der Waals surface area contributed by atoms with Crippen LogP contribution in [0.2, 0.25) is 5.02 Å². The van der Waals surface area contributed by atoms with Gasteiger partial charge in [0.05, 0.1) is 10.7 Å². The monoisotopic (exact) mass is 291 g/mol. The summed E-state index contributed by atoms with van der Waals surface area (Å²) >= 11 is 5.69. The van der Waals surface area contributed by atoms with E-state index in [1.54, 1.807) is 0 Å². The normalized spacial score (nSPS) is 11.0. The predicted octanol–water partition coefficient (Wildman–Crippen LogP) is 1.02. The van der Waals surface area contributed by atoms with Crippen molar-refractivity contribution < 1.29 is 23.1 Å². The first-order valence-electron chi connectivity index (χ1n) is 4.70. The Morgan fingerprint density at radius 2 is 2.00 bits per heavy atom. The highest BCUT2D eigenvalue weighted by atomic mass is 35.5. The van der Waals surface area contributed by atoms with Gasteiger partial charge < -0.3 is 10.4 Å². The lowest BCUT2D eigenvalue weighted by Crippen LogP contribution is -2.23. The number of hydrogen-bond donors (Lipinski definition) is 2. The Labute approximate surface area is 108 Å². The zero-order valence-electron chi connectivity index (χ0n) is 9.31. The van der Waals surface area contributed by atoms with Crippen molar-refractivity contribution in [2.75, 3.05) is 17.3 Å². The summed E-state index contributed by atoms with van der Waals surface area (Å²) in [4.78, 5) is 22.3. The molecule has 1 aromatic rings. The summed E-state index contributed by atoms with van der Waals surface area (Å²) in [7, 11) is -3.48. The Morgan fingerprint density at radius 3 is 2.50 bits per heavy atom. The fraction of sp³-hybridized carbons (Fsp3) is 0.200. The Bertz CT molecular complexity index is 596. The average Bonchev–Trinajstić information content (AvgIpc) is 2.13. The zero-order chi connectivity index (χ0) is 13.9. The van der Waals surface area contributed by atoms with E-state index in [0.29, 0.717) is 0 Å². The largest absolute Gasteiger partial charge is 0.478 e. The molecule has 1 rings (SSSR count). The van der Waals surface area contributed by atoms with Gasteiger partial charge in [0.2, 0.25) is 5.91 Å². The van der Waals surface area contributed by atoms with Crippen molar-refractivity contribution in [1.29, 1.82) is 0 Å². The number of amides is 1. The molecule has 0 aliphatic carbocycles. The van der Waals surface area contributed by atoms with E-state index in [4.69, 9.17) is 16.7 Å². The number of rotatable bonds is 4. The third-order valence-electron chi connectivity index (χ3n) is 1.89. The molecule has 0 saturated carbocycles. The quantitative estimate of drug-likeness (QED) is 0.862. The van der Waals surface area contributed by atoms with Gasteiger partial charge in [-0.05, 0) is 12.1 Å². The van der Waals surface area contributed by atoms with Gasteiger partial charge in [0.15, 0.2) is 9.84 Å². The van der Waals surface area contributed by atoms with E-state index in [2.05, 4.69) is 5.32 Å². The summed E-state index contributed by atoms with van der Waals surface area (Å²) in [5.74, 6) is -2.85. The number of hydrogen-bond acceptors (Lipinski definition) is 4. The lowest BCUT2D eigenvalue weighted by atomic mass is 10.2. The minimum atomic E-state index is -3.48. The Morgan fingerprint density at radius 1 is 1.39 bits per heavy atom. The molecule has 0 spiro atoms. The van der Waals surface area contributed by atoms with E-state index in [9.17, 15) is 18.0 Å². The molecular weight excluding hydrogens is 282 g/mol. The number of benzene rings is 1. The molecule has 0 fully saturated rings. The van der Waals surface area contributed by atoms with Crippen molar-refractivity contribution in [3.63, 3.8) is 0 Å². The second kappa shape index (κ2) is 5.36. The van der Waals surface area contributed by atoms with Crippen molar-refractivity contribution in [3.8, 4) is 0 Å². The summed E-state index contributed by atoms with van der Waals surface area (Å²) in [6.45, 7) is 0. The number of carbonyl (C=O) groups is 2. The Kier molecular flexibility index (Phi) is 4.31. The first kappa shape index (κ1) is 14.5. The molecule has 0 saturated heterocycles. The van der Waals surface area contributed by atoms with Crippen LogP contribution in [0.5, 0.6) is 0 Å². The number of aromatic carboxylic acids is 1. The summed E-state index contributed by atoms with van der Waals surface area (Å²) < 4.78 is 21.8. The molecule has 0 atom stereocenters. The molecule has 0 aliphatic heterocycles. The van der Waals surface area contributed by atoms with E-state index < -0.39 is 27.5 Å². The van der Waals surface area contributed by atoms with Crippen LogP contribution in [0.15, 0.2) is 18.2 Å². The molecule has 0 aliphatic rings. The maximum Gasteiger partial charge on any atom is 0.339 e. The van der Waals surface area contributed by atoms with Crippen LogP contribution in [-0.4, -0.2) is 37.4 Å². The van der Waals surface area contributed by atoms with Gasteiger partial charge in [-0.15, -0.1) is 0 Å². The van der Waals surface area contributed by atoms with Gasteiger partial charge in [-0.3, -0.25) is 4.79 Å². The number of carboxylic acids is 1. The van der Waals surface area contributed by atoms with Gasteiger partial charge in [-0.1, -0.05) is 17.7 Å². The number of anilines is 1. The molecule has 18 heavy (non-hydrogen) atoms. The standard InChI is InChI=1S/C10H10ClNO5S/c1-18(16,17)5-8(13)12-7-4-2-3-6(11)9(7)10(14)15/h2-4H,5H2,1H3,(H,12,13)(H,14,15). The van der Waals surface area contributed by atoms with Crippen LogP contribution in [0.1, 0.15) is 10.4 Å². The Hall–Kier alpha value is -1.60. The van der Waals surface area contributed by atoms with Crippen molar-refractivity contribution in [2.45, 2.75) is 0 Å². The van der Waals surface area contributed by atoms with Crippen molar-refractivity contribution >= 4 is 39.0 Å².